The third kappa shape index (κ3) is 5.79. The Labute approximate surface area is 165 Å². The maximum absolute atomic E-state index is 12.9. The molecule has 0 bridgehead atoms. The van der Waals surface area contributed by atoms with Crippen LogP contribution in [0.1, 0.15) is 50.0 Å². The minimum atomic E-state index is -0.788. The molecule has 3 atom stereocenters. The van der Waals surface area contributed by atoms with E-state index in [2.05, 4.69) is 10.6 Å². The molecule has 0 saturated carbocycles. The van der Waals surface area contributed by atoms with E-state index in [0.717, 1.165) is 0 Å². The number of hydrogen-bond acceptors (Lipinski definition) is 5. The van der Waals surface area contributed by atoms with E-state index >= 15 is 0 Å². The zero-order valence-electron chi connectivity index (χ0n) is 17.2. The third-order valence-electron chi connectivity index (χ3n) is 4.74. The van der Waals surface area contributed by atoms with E-state index in [0.29, 0.717) is 24.2 Å². The maximum Gasteiger partial charge on any atom is 0.251 e. The second-order valence-corrected chi connectivity index (χ2v) is 8.74. The van der Waals surface area contributed by atoms with Gasteiger partial charge < -0.3 is 20.5 Å². The van der Waals surface area contributed by atoms with Crippen molar-refractivity contribution in [3.8, 4) is 5.75 Å². The molecule has 1 aromatic rings. The Hall–Kier alpha value is -2.41. The molecule has 1 aliphatic rings. The number of phenols is 1. The van der Waals surface area contributed by atoms with Crippen LogP contribution in [0, 0.1) is 18.3 Å². The first-order valence-corrected chi connectivity index (χ1v) is 9.49. The summed E-state index contributed by atoms with van der Waals surface area (Å²) in [6.45, 7) is 9.87. The predicted octanol–water partition coefficient (Wildman–Crippen LogP) is 1.96. The fraction of sp³-hybridized carbons (Fsp3) is 0.571. The molecule has 1 heterocycles. The minimum Gasteiger partial charge on any atom is -0.508 e. The number of carbonyl (C=O) groups excluding carboxylic acids is 3. The van der Waals surface area contributed by atoms with Crippen molar-refractivity contribution < 1.29 is 24.2 Å². The quantitative estimate of drug-likeness (QED) is 0.713. The summed E-state index contributed by atoms with van der Waals surface area (Å²) in [5.74, 6) is -0.977. The number of Topliss-reactive ketones (excluding diaryl/α,β-unsaturated/α-hetero) is 1. The van der Waals surface area contributed by atoms with Crippen molar-refractivity contribution in [1.82, 2.24) is 10.6 Å². The SMILES string of the molecule is Cc1cc(C(=O)NC(CC(C)(C)C)C(=O)NC2C(=O)COCC2C)ccc1O. The monoisotopic (exact) mass is 390 g/mol. The van der Waals surface area contributed by atoms with Crippen LogP contribution < -0.4 is 10.6 Å². The molecular formula is C21H30N2O5. The highest BCUT2D eigenvalue weighted by Crippen LogP contribution is 2.22. The van der Waals surface area contributed by atoms with Gasteiger partial charge in [-0.1, -0.05) is 27.7 Å². The number of nitrogens with one attached hydrogen (secondary N) is 2. The van der Waals surface area contributed by atoms with E-state index in [1.165, 1.54) is 12.1 Å². The van der Waals surface area contributed by atoms with Gasteiger partial charge in [-0.2, -0.15) is 0 Å². The lowest BCUT2D eigenvalue weighted by atomic mass is 9.87. The number of aromatic hydroxyl groups is 1. The number of ether oxygens (including phenoxy) is 1. The maximum atomic E-state index is 12.9. The van der Waals surface area contributed by atoms with Gasteiger partial charge in [0.2, 0.25) is 5.91 Å². The molecule has 2 rings (SSSR count). The number of aryl methyl sites for hydroxylation is 1. The first kappa shape index (κ1) is 21.9. The van der Waals surface area contributed by atoms with Gasteiger partial charge in [0, 0.05) is 11.5 Å². The van der Waals surface area contributed by atoms with Crippen molar-refractivity contribution in [1.29, 1.82) is 0 Å². The Balaban J connectivity index is 2.16. The molecule has 1 saturated heterocycles. The summed E-state index contributed by atoms with van der Waals surface area (Å²) in [7, 11) is 0. The lowest BCUT2D eigenvalue weighted by Gasteiger charge is -2.31. The average Bonchev–Trinajstić information content (AvgIpc) is 2.58. The molecule has 7 heteroatoms. The van der Waals surface area contributed by atoms with Crippen LogP contribution in [0.5, 0.6) is 5.75 Å². The molecule has 0 radical (unpaired) electrons. The Morgan fingerprint density at radius 2 is 2.00 bits per heavy atom. The van der Waals surface area contributed by atoms with Crippen molar-refractivity contribution >= 4 is 17.6 Å². The highest BCUT2D eigenvalue weighted by molar-refractivity contribution is 5.99. The zero-order valence-corrected chi connectivity index (χ0v) is 17.2. The highest BCUT2D eigenvalue weighted by Gasteiger charge is 2.34. The lowest BCUT2D eigenvalue weighted by molar-refractivity contribution is -0.137. The molecule has 1 aromatic carbocycles. The smallest absolute Gasteiger partial charge is 0.251 e. The molecule has 28 heavy (non-hydrogen) atoms. The van der Waals surface area contributed by atoms with E-state index in [4.69, 9.17) is 4.74 Å². The molecule has 7 nitrogen and oxygen atoms in total. The standard InChI is InChI=1S/C21H30N2O5/c1-12-8-14(6-7-16(12)24)19(26)22-15(9-21(3,4)5)20(27)23-18-13(2)10-28-11-17(18)25/h6-8,13,15,18,24H,9-11H2,1-5H3,(H,22,26)(H,23,27). The van der Waals surface area contributed by atoms with E-state index in [9.17, 15) is 19.5 Å². The van der Waals surface area contributed by atoms with Crippen LogP contribution in [0.4, 0.5) is 0 Å². The van der Waals surface area contributed by atoms with Gasteiger partial charge in [-0.05, 0) is 42.5 Å². The van der Waals surface area contributed by atoms with Crippen molar-refractivity contribution in [2.24, 2.45) is 11.3 Å². The summed E-state index contributed by atoms with van der Waals surface area (Å²) >= 11 is 0. The van der Waals surface area contributed by atoms with Crippen molar-refractivity contribution in [3.63, 3.8) is 0 Å². The second kappa shape index (κ2) is 8.73. The minimum absolute atomic E-state index is 0.0155. The molecule has 3 unspecified atom stereocenters. The number of phenolic OH excluding ortho intramolecular Hbond substituents is 1. The molecule has 0 aliphatic carbocycles. The zero-order chi connectivity index (χ0) is 21.1. The molecule has 2 amide bonds. The van der Waals surface area contributed by atoms with Gasteiger partial charge in [0.05, 0.1) is 12.6 Å². The normalized spacial score (nSPS) is 21.1. The molecule has 1 aliphatic heterocycles. The average molecular weight is 390 g/mol. The Morgan fingerprint density at radius 1 is 1.32 bits per heavy atom. The molecule has 1 fully saturated rings. The number of rotatable bonds is 5. The molecular weight excluding hydrogens is 360 g/mol. The fourth-order valence-corrected chi connectivity index (χ4v) is 3.19. The van der Waals surface area contributed by atoms with E-state index in [1.807, 2.05) is 27.7 Å². The lowest BCUT2D eigenvalue weighted by Crippen LogP contribution is -2.56. The molecule has 0 spiro atoms. The van der Waals surface area contributed by atoms with Crippen molar-refractivity contribution in [2.45, 2.75) is 53.1 Å². The summed E-state index contributed by atoms with van der Waals surface area (Å²) in [4.78, 5) is 37.7. The Kier molecular flexibility index (Phi) is 6.82. The van der Waals surface area contributed by atoms with Crippen LogP contribution in [-0.2, 0) is 14.3 Å². The van der Waals surface area contributed by atoms with Gasteiger partial charge >= 0.3 is 0 Å². The summed E-state index contributed by atoms with van der Waals surface area (Å²) in [6, 6.07) is 3.13. The van der Waals surface area contributed by atoms with E-state index < -0.39 is 18.0 Å². The number of carbonyl (C=O) groups is 3. The van der Waals surface area contributed by atoms with Crippen molar-refractivity contribution in [2.75, 3.05) is 13.2 Å². The van der Waals surface area contributed by atoms with Crippen LogP contribution in [0.3, 0.4) is 0 Å². The summed E-state index contributed by atoms with van der Waals surface area (Å²) in [5.41, 5.74) is 0.717. The van der Waals surface area contributed by atoms with E-state index in [1.54, 1.807) is 13.0 Å². The molecule has 0 aromatic heterocycles. The number of benzene rings is 1. The van der Waals surface area contributed by atoms with Crippen LogP contribution >= 0.6 is 0 Å². The summed E-state index contributed by atoms with van der Waals surface area (Å²) in [6.07, 6.45) is 0.410. The highest BCUT2D eigenvalue weighted by atomic mass is 16.5. The van der Waals surface area contributed by atoms with Crippen molar-refractivity contribution in [3.05, 3.63) is 29.3 Å². The van der Waals surface area contributed by atoms with Crippen LogP contribution in [0.25, 0.3) is 0 Å². The first-order valence-electron chi connectivity index (χ1n) is 9.49. The van der Waals surface area contributed by atoms with Gasteiger partial charge in [0.25, 0.3) is 5.91 Å². The fourth-order valence-electron chi connectivity index (χ4n) is 3.19. The van der Waals surface area contributed by atoms with Crippen LogP contribution in [0.2, 0.25) is 0 Å². The van der Waals surface area contributed by atoms with E-state index in [-0.39, 0.29) is 35.4 Å². The second-order valence-electron chi connectivity index (χ2n) is 8.74. The summed E-state index contributed by atoms with van der Waals surface area (Å²) < 4.78 is 5.20. The Bertz CT molecular complexity index is 754. The molecule has 154 valence electrons. The number of amides is 2. The van der Waals surface area contributed by atoms with Crippen LogP contribution in [0.15, 0.2) is 18.2 Å². The summed E-state index contributed by atoms with van der Waals surface area (Å²) in [5, 5.41) is 15.2. The number of ketones is 1. The largest absolute Gasteiger partial charge is 0.508 e. The van der Waals surface area contributed by atoms with Crippen LogP contribution in [-0.4, -0.2) is 48.0 Å². The van der Waals surface area contributed by atoms with Gasteiger partial charge in [0.1, 0.15) is 18.4 Å². The Morgan fingerprint density at radius 3 is 2.57 bits per heavy atom. The van der Waals surface area contributed by atoms with Gasteiger partial charge in [-0.3, -0.25) is 14.4 Å². The third-order valence-corrected chi connectivity index (χ3v) is 4.74. The predicted molar refractivity (Wildman–Crippen MR) is 105 cm³/mol. The topological polar surface area (TPSA) is 105 Å². The molecule has 3 N–H and O–H groups in total. The van der Waals surface area contributed by atoms with Gasteiger partial charge in [0.15, 0.2) is 5.78 Å². The first-order chi connectivity index (χ1) is 13.0. The number of hydrogen-bond donors (Lipinski definition) is 3. The van der Waals surface area contributed by atoms with Gasteiger partial charge in [-0.15, -0.1) is 0 Å². The van der Waals surface area contributed by atoms with Gasteiger partial charge in [-0.25, -0.2) is 0 Å².